The van der Waals surface area contributed by atoms with Crippen molar-refractivity contribution in [1.82, 2.24) is 9.55 Å². The van der Waals surface area contributed by atoms with Gasteiger partial charge in [-0.2, -0.15) is 0 Å². The fourth-order valence-electron chi connectivity index (χ4n) is 0.840. The standard InChI is InChI=1S/C7H6Cl2N2O4/c1-3(12)15-2-11-5(9)4(8)10-6(11)7(13)14/h2H2,1H3,(H,13,14). The van der Waals surface area contributed by atoms with Crippen LogP contribution in [-0.2, 0) is 16.3 Å². The zero-order chi connectivity index (χ0) is 11.6. The van der Waals surface area contributed by atoms with E-state index in [2.05, 4.69) is 9.72 Å². The van der Waals surface area contributed by atoms with Gasteiger partial charge in [0.1, 0.15) is 0 Å². The molecule has 82 valence electrons. The summed E-state index contributed by atoms with van der Waals surface area (Å²) in [6.07, 6.45) is 0. The summed E-state index contributed by atoms with van der Waals surface area (Å²) in [5.74, 6) is -2.26. The molecule has 0 fully saturated rings. The summed E-state index contributed by atoms with van der Waals surface area (Å²) in [5, 5.41) is 8.49. The highest BCUT2D eigenvalue weighted by Gasteiger charge is 2.19. The Kier molecular flexibility index (Phi) is 3.54. The minimum absolute atomic E-state index is 0.0877. The molecule has 0 bridgehead atoms. The zero-order valence-corrected chi connectivity index (χ0v) is 9.04. The molecule has 0 amide bonds. The number of esters is 1. The van der Waals surface area contributed by atoms with Crippen molar-refractivity contribution in [2.75, 3.05) is 0 Å². The molecule has 1 heterocycles. The number of nitrogens with zero attached hydrogens (tertiary/aromatic N) is 2. The van der Waals surface area contributed by atoms with Crippen molar-refractivity contribution >= 4 is 35.1 Å². The lowest BCUT2D eigenvalue weighted by Crippen LogP contribution is -2.13. The van der Waals surface area contributed by atoms with Crippen molar-refractivity contribution in [3.8, 4) is 0 Å². The van der Waals surface area contributed by atoms with Gasteiger partial charge in [-0.3, -0.25) is 9.36 Å². The summed E-state index contributed by atoms with van der Waals surface area (Å²) in [6, 6.07) is 0. The van der Waals surface area contributed by atoms with Crippen molar-refractivity contribution in [2.24, 2.45) is 0 Å². The van der Waals surface area contributed by atoms with Gasteiger partial charge in [0, 0.05) is 6.92 Å². The molecule has 1 N–H and O–H groups in total. The second-order valence-corrected chi connectivity index (χ2v) is 3.23. The average molecular weight is 253 g/mol. The van der Waals surface area contributed by atoms with Crippen molar-refractivity contribution in [3.63, 3.8) is 0 Å². The fourth-order valence-corrected chi connectivity index (χ4v) is 1.19. The zero-order valence-electron chi connectivity index (χ0n) is 7.53. The normalized spacial score (nSPS) is 10.1. The molecule has 8 heteroatoms. The maximum absolute atomic E-state index is 10.7. The average Bonchev–Trinajstić information content (AvgIpc) is 2.41. The Labute approximate surface area is 94.4 Å². The molecule has 0 saturated carbocycles. The molecule has 1 aromatic rings. The number of imidazole rings is 1. The monoisotopic (exact) mass is 252 g/mol. The van der Waals surface area contributed by atoms with Crippen LogP contribution in [0.2, 0.25) is 10.3 Å². The predicted octanol–water partition coefficient (Wildman–Crippen LogP) is 1.41. The number of halogens is 2. The summed E-state index contributed by atoms with van der Waals surface area (Å²) in [7, 11) is 0. The Morgan fingerprint density at radius 1 is 1.53 bits per heavy atom. The molecular weight excluding hydrogens is 247 g/mol. The van der Waals surface area contributed by atoms with Gasteiger partial charge in [0.25, 0.3) is 0 Å². The van der Waals surface area contributed by atoms with Gasteiger partial charge in [-0.1, -0.05) is 23.2 Å². The number of carbonyl (C=O) groups is 2. The summed E-state index contributed by atoms with van der Waals surface area (Å²) >= 11 is 11.2. The highest BCUT2D eigenvalue weighted by Crippen LogP contribution is 2.22. The molecular formula is C7H6Cl2N2O4. The lowest BCUT2D eigenvalue weighted by atomic mass is 10.6. The number of aromatic carboxylic acids is 1. The molecule has 0 saturated heterocycles. The van der Waals surface area contributed by atoms with Crippen LogP contribution < -0.4 is 0 Å². The molecule has 0 unspecified atom stereocenters. The third kappa shape index (κ3) is 2.60. The van der Waals surface area contributed by atoms with Crippen LogP contribution >= 0.6 is 23.2 Å². The van der Waals surface area contributed by atoms with Crippen LogP contribution in [0.3, 0.4) is 0 Å². The van der Waals surface area contributed by atoms with E-state index < -0.39 is 11.9 Å². The number of carbonyl (C=O) groups excluding carboxylic acids is 1. The Morgan fingerprint density at radius 3 is 2.60 bits per heavy atom. The molecule has 0 atom stereocenters. The third-order valence-corrected chi connectivity index (χ3v) is 2.20. The van der Waals surface area contributed by atoms with Gasteiger partial charge in [-0.25, -0.2) is 9.78 Å². The van der Waals surface area contributed by atoms with Gasteiger partial charge in [-0.15, -0.1) is 0 Å². The highest BCUT2D eigenvalue weighted by atomic mass is 35.5. The largest absolute Gasteiger partial charge is 0.475 e. The lowest BCUT2D eigenvalue weighted by molar-refractivity contribution is -0.144. The van der Waals surface area contributed by atoms with E-state index in [1.165, 1.54) is 6.92 Å². The Balaban J connectivity index is 3.02. The Hall–Kier alpha value is -1.27. The highest BCUT2D eigenvalue weighted by molar-refractivity contribution is 6.40. The summed E-state index contributed by atoms with van der Waals surface area (Å²) in [5.41, 5.74) is 0. The van der Waals surface area contributed by atoms with Crippen molar-refractivity contribution in [1.29, 1.82) is 0 Å². The first-order valence-electron chi connectivity index (χ1n) is 3.71. The van der Waals surface area contributed by atoms with E-state index in [9.17, 15) is 9.59 Å². The van der Waals surface area contributed by atoms with E-state index in [1.807, 2.05) is 0 Å². The fraction of sp³-hybridized carbons (Fsp3) is 0.286. The van der Waals surface area contributed by atoms with Gasteiger partial charge in [0.15, 0.2) is 17.0 Å². The molecule has 1 rings (SSSR count). The minimum Gasteiger partial charge on any atom is -0.475 e. The smallest absolute Gasteiger partial charge is 0.372 e. The molecule has 0 radical (unpaired) electrons. The van der Waals surface area contributed by atoms with Crippen LogP contribution in [-0.4, -0.2) is 26.6 Å². The Morgan fingerprint density at radius 2 is 2.13 bits per heavy atom. The molecule has 0 aliphatic carbocycles. The van der Waals surface area contributed by atoms with Gasteiger partial charge in [-0.05, 0) is 0 Å². The molecule has 0 aliphatic heterocycles. The third-order valence-electron chi connectivity index (χ3n) is 1.46. The number of aromatic nitrogens is 2. The Bertz CT molecular complexity index is 415. The quantitative estimate of drug-likeness (QED) is 0.823. The lowest BCUT2D eigenvalue weighted by Gasteiger charge is -2.05. The maximum Gasteiger partial charge on any atom is 0.372 e. The first-order valence-corrected chi connectivity index (χ1v) is 4.47. The van der Waals surface area contributed by atoms with Crippen LogP contribution in [0.15, 0.2) is 0 Å². The van der Waals surface area contributed by atoms with E-state index in [-0.39, 0.29) is 22.9 Å². The van der Waals surface area contributed by atoms with Crippen LogP contribution in [0, 0.1) is 0 Å². The molecule has 6 nitrogen and oxygen atoms in total. The number of rotatable bonds is 3. The first-order chi connectivity index (χ1) is 6.93. The number of ether oxygens (including phenoxy) is 1. The number of hydrogen-bond donors (Lipinski definition) is 1. The summed E-state index contributed by atoms with van der Waals surface area (Å²) in [6.45, 7) is 0.850. The van der Waals surface area contributed by atoms with Crippen LogP contribution in [0.5, 0.6) is 0 Å². The molecule has 0 aliphatic rings. The number of hydrogen-bond acceptors (Lipinski definition) is 4. The number of carboxylic acid groups (broad SMARTS) is 1. The van der Waals surface area contributed by atoms with E-state index >= 15 is 0 Å². The van der Waals surface area contributed by atoms with Crippen LogP contribution in [0.4, 0.5) is 0 Å². The topological polar surface area (TPSA) is 81.4 Å². The van der Waals surface area contributed by atoms with Gasteiger partial charge in [0.2, 0.25) is 5.82 Å². The van der Waals surface area contributed by atoms with E-state index in [0.717, 1.165) is 4.57 Å². The SMILES string of the molecule is CC(=O)OCn1c(C(=O)O)nc(Cl)c1Cl. The second-order valence-electron chi connectivity index (χ2n) is 2.52. The molecule has 0 spiro atoms. The van der Waals surface area contributed by atoms with E-state index in [0.29, 0.717) is 0 Å². The summed E-state index contributed by atoms with van der Waals surface area (Å²) in [4.78, 5) is 24.7. The number of carboxylic acids is 1. The second kappa shape index (κ2) is 4.50. The molecule has 15 heavy (non-hydrogen) atoms. The maximum atomic E-state index is 10.7. The first kappa shape index (κ1) is 11.8. The van der Waals surface area contributed by atoms with Gasteiger partial charge >= 0.3 is 11.9 Å². The van der Waals surface area contributed by atoms with Crippen molar-refractivity contribution < 1.29 is 19.4 Å². The van der Waals surface area contributed by atoms with Crippen molar-refractivity contribution in [2.45, 2.75) is 13.7 Å². The predicted molar refractivity (Wildman–Crippen MR) is 51.0 cm³/mol. The summed E-state index contributed by atoms with van der Waals surface area (Å²) < 4.78 is 5.57. The van der Waals surface area contributed by atoms with Crippen LogP contribution in [0.25, 0.3) is 0 Å². The molecule has 1 aromatic heterocycles. The van der Waals surface area contributed by atoms with Gasteiger partial charge in [0.05, 0.1) is 0 Å². The van der Waals surface area contributed by atoms with Crippen LogP contribution in [0.1, 0.15) is 17.5 Å². The minimum atomic E-state index is -1.31. The van der Waals surface area contributed by atoms with Gasteiger partial charge < -0.3 is 9.84 Å². The van der Waals surface area contributed by atoms with Crippen molar-refractivity contribution in [3.05, 3.63) is 16.1 Å². The molecule has 0 aromatic carbocycles. The van der Waals surface area contributed by atoms with E-state index in [4.69, 9.17) is 28.3 Å². The van der Waals surface area contributed by atoms with E-state index in [1.54, 1.807) is 0 Å².